The fourth-order valence-corrected chi connectivity index (χ4v) is 7.59. The van der Waals surface area contributed by atoms with Gasteiger partial charge in [-0.15, -0.1) is 6.58 Å². The zero-order valence-electron chi connectivity index (χ0n) is 21.2. The monoisotopic (exact) mass is 524 g/mol. The Morgan fingerprint density at radius 1 is 1.24 bits per heavy atom. The number of benzene rings is 2. The zero-order valence-corrected chi connectivity index (χ0v) is 21.2. The summed E-state index contributed by atoms with van der Waals surface area (Å²) in [6.07, 6.45) is 2.62. The van der Waals surface area contributed by atoms with Gasteiger partial charge in [-0.25, -0.2) is 0 Å². The van der Waals surface area contributed by atoms with Crippen molar-refractivity contribution in [1.29, 1.82) is 0 Å². The number of rotatable bonds is 5. The lowest BCUT2D eigenvalue weighted by Crippen LogP contribution is -2.78. The molecule has 4 aliphatic rings. The number of amides is 1. The minimum atomic E-state index is -4.40. The molecule has 2 fully saturated rings. The first-order chi connectivity index (χ1) is 18.1. The summed E-state index contributed by atoms with van der Waals surface area (Å²) in [4.78, 5) is 17.3. The number of halogens is 3. The second-order valence-corrected chi connectivity index (χ2v) is 11.0. The summed E-state index contributed by atoms with van der Waals surface area (Å²) in [5.74, 6) is 0.544. The fourth-order valence-electron chi connectivity index (χ4n) is 7.59. The predicted octanol–water partition coefficient (Wildman–Crippen LogP) is 4.59. The normalized spacial score (nSPS) is 31.6. The van der Waals surface area contributed by atoms with Gasteiger partial charge in [0, 0.05) is 31.3 Å². The van der Waals surface area contributed by atoms with Crippen molar-refractivity contribution < 1.29 is 27.8 Å². The first-order valence-corrected chi connectivity index (χ1v) is 13.1. The number of carbonyl (C=O) groups excluding carboxylic acids is 1. The van der Waals surface area contributed by atoms with Crippen LogP contribution < -0.4 is 4.74 Å². The van der Waals surface area contributed by atoms with Crippen molar-refractivity contribution in [3.8, 4) is 5.75 Å². The molecule has 1 N–H and O–H groups in total. The van der Waals surface area contributed by atoms with E-state index in [2.05, 4.69) is 17.5 Å². The number of nitrogens with zero attached hydrogens (tertiary/aromatic N) is 2. The minimum Gasteiger partial charge on any atom is -0.487 e. The first kappa shape index (κ1) is 25.2. The van der Waals surface area contributed by atoms with Crippen LogP contribution in [0.15, 0.2) is 61.2 Å². The quantitative estimate of drug-likeness (QED) is 0.460. The van der Waals surface area contributed by atoms with E-state index in [1.54, 1.807) is 11.9 Å². The Kier molecular flexibility index (Phi) is 5.78. The van der Waals surface area contributed by atoms with Gasteiger partial charge in [0.05, 0.1) is 22.6 Å². The standard InChI is InChI=1S/C30H31F3N2O3/c1-3-16-35-17-15-28-26-20-5-4-6-23(26)38-27(28)22(13-14-29(28,37)24(35)18-20)34(2)25(36)12-9-19-7-10-21(11-8-19)30(31,32)33/h3-12,22,24,27,37H,1,13-18H2,2H3/t22-,24+,27-,28-,29+/m0/s1. The number of aliphatic hydroxyl groups is 1. The second-order valence-electron chi connectivity index (χ2n) is 11.0. The van der Waals surface area contributed by atoms with Crippen LogP contribution in [0.3, 0.4) is 0 Å². The third-order valence-electron chi connectivity index (χ3n) is 9.31. The van der Waals surface area contributed by atoms with Gasteiger partial charge < -0.3 is 14.7 Å². The van der Waals surface area contributed by atoms with E-state index in [1.807, 2.05) is 18.2 Å². The van der Waals surface area contributed by atoms with Crippen LogP contribution in [0.2, 0.25) is 0 Å². The van der Waals surface area contributed by atoms with Crippen LogP contribution in [-0.4, -0.2) is 64.7 Å². The van der Waals surface area contributed by atoms with Crippen LogP contribution in [0.5, 0.6) is 5.75 Å². The molecule has 2 aliphatic carbocycles. The van der Waals surface area contributed by atoms with E-state index in [1.165, 1.54) is 29.8 Å². The van der Waals surface area contributed by atoms with Gasteiger partial charge in [-0.2, -0.15) is 13.2 Å². The maximum atomic E-state index is 13.3. The molecule has 1 saturated carbocycles. The van der Waals surface area contributed by atoms with Crippen LogP contribution in [0.4, 0.5) is 13.2 Å². The van der Waals surface area contributed by atoms with Crippen molar-refractivity contribution in [3.63, 3.8) is 0 Å². The molecule has 2 heterocycles. The Hall–Kier alpha value is -3.10. The predicted molar refractivity (Wildman–Crippen MR) is 138 cm³/mol. The van der Waals surface area contributed by atoms with E-state index in [9.17, 15) is 23.1 Å². The van der Waals surface area contributed by atoms with Gasteiger partial charge in [0.25, 0.3) is 0 Å². The molecule has 2 bridgehead atoms. The van der Waals surface area contributed by atoms with Gasteiger partial charge in [-0.1, -0.05) is 30.3 Å². The minimum absolute atomic E-state index is 0.0530. The van der Waals surface area contributed by atoms with Gasteiger partial charge >= 0.3 is 6.18 Å². The smallest absolute Gasteiger partial charge is 0.416 e. The fraction of sp³-hybridized carbons (Fsp3) is 0.433. The summed E-state index contributed by atoms with van der Waals surface area (Å²) >= 11 is 0. The van der Waals surface area contributed by atoms with Crippen molar-refractivity contribution in [2.24, 2.45) is 0 Å². The summed E-state index contributed by atoms with van der Waals surface area (Å²) in [5, 5.41) is 12.4. The second kappa shape index (κ2) is 8.71. The summed E-state index contributed by atoms with van der Waals surface area (Å²) in [5.41, 5.74) is 0.506. The third kappa shape index (κ3) is 3.49. The van der Waals surface area contributed by atoms with Crippen molar-refractivity contribution >= 4 is 12.0 Å². The Morgan fingerprint density at radius 3 is 2.71 bits per heavy atom. The lowest BCUT2D eigenvalue weighted by atomic mass is 9.48. The molecule has 6 rings (SSSR count). The molecule has 0 unspecified atom stereocenters. The molecule has 2 aromatic carbocycles. The Morgan fingerprint density at radius 2 is 2.00 bits per heavy atom. The van der Waals surface area contributed by atoms with E-state index in [0.29, 0.717) is 24.9 Å². The van der Waals surface area contributed by atoms with Gasteiger partial charge in [0.15, 0.2) is 0 Å². The Labute approximate surface area is 220 Å². The van der Waals surface area contributed by atoms with E-state index < -0.39 is 22.8 Å². The van der Waals surface area contributed by atoms with E-state index in [4.69, 9.17) is 4.74 Å². The van der Waals surface area contributed by atoms with Crippen LogP contribution in [-0.2, 0) is 22.8 Å². The lowest BCUT2D eigenvalue weighted by Gasteiger charge is -2.64. The molecule has 5 nitrogen and oxygen atoms in total. The first-order valence-electron chi connectivity index (χ1n) is 13.1. The molecule has 0 radical (unpaired) electrons. The lowest BCUT2D eigenvalue weighted by molar-refractivity contribution is -0.198. The number of ether oxygens (including phenoxy) is 1. The molecule has 38 heavy (non-hydrogen) atoms. The van der Waals surface area contributed by atoms with Crippen molar-refractivity contribution in [2.75, 3.05) is 20.1 Å². The number of alkyl halides is 3. The Balaban J connectivity index is 1.29. The van der Waals surface area contributed by atoms with Crippen LogP contribution in [0, 0.1) is 0 Å². The molecule has 1 saturated heterocycles. The number of hydrogen-bond donors (Lipinski definition) is 1. The van der Waals surface area contributed by atoms with Gasteiger partial charge in [-0.05, 0) is 67.6 Å². The van der Waals surface area contributed by atoms with Crippen LogP contribution in [0.25, 0.3) is 6.08 Å². The topological polar surface area (TPSA) is 53.0 Å². The number of piperidine rings is 1. The third-order valence-corrected chi connectivity index (χ3v) is 9.31. The SMILES string of the molecule is C=CCN1CC[C@]23c4c5cccc4O[C@H]2[C@@H](N(C)C(=O)C=Cc2ccc(C(F)(F)F)cc2)CC[C@@]3(O)[C@H]1C5. The van der Waals surface area contributed by atoms with Crippen molar-refractivity contribution in [2.45, 2.75) is 61.1 Å². The molecule has 200 valence electrons. The highest BCUT2D eigenvalue weighted by Gasteiger charge is 2.72. The summed E-state index contributed by atoms with van der Waals surface area (Å²) in [7, 11) is 1.74. The Bertz CT molecular complexity index is 1310. The maximum absolute atomic E-state index is 13.3. The molecular formula is C30H31F3N2O3. The molecule has 5 atom stereocenters. The number of carbonyl (C=O) groups is 1. The average Bonchev–Trinajstić information content (AvgIpc) is 3.23. The van der Waals surface area contributed by atoms with Crippen molar-refractivity contribution in [3.05, 3.63) is 83.4 Å². The van der Waals surface area contributed by atoms with Gasteiger partial charge in [0.2, 0.25) is 5.91 Å². The zero-order chi connectivity index (χ0) is 26.9. The maximum Gasteiger partial charge on any atom is 0.416 e. The average molecular weight is 525 g/mol. The number of likely N-dealkylation sites (tertiary alicyclic amines) is 1. The summed E-state index contributed by atoms with van der Waals surface area (Å²) in [6.45, 7) is 5.43. The summed E-state index contributed by atoms with van der Waals surface area (Å²) in [6, 6.07) is 10.5. The highest BCUT2D eigenvalue weighted by Crippen LogP contribution is 2.64. The molecule has 2 aromatic rings. The van der Waals surface area contributed by atoms with E-state index in [0.717, 1.165) is 42.8 Å². The van der Waals surface area contributed by atoms with Gasteiger partial charge in [0.1, 0.15) is 11.9 Å². The molecule has 1 spiro atoms. The number of hydrogen-bond acceptors (Lipinski definition) is 4. The van der Waals surface area contributed by atoms with E-state index in [-0.39, 0.29) is 24.1 Å². The largest absolute Gasteiger partial charge is 0.487 e. The van der Waals surface area contributed by atoms with Crippen LogP contribution in [0.1, 0.15) is 41.5 Å². The molecule has 2 aliphatic heterocycles. The highest BCUT2D eigenvalue weighted by molar-refractivity contribution is 5.92. The molecular weight excluding hydrogens is 493 g/mol. The highest BCUT2D eigenvalue weighted by atomic mass is 19.4. The molecule has 1 amide bonds. The van der Waals surface area contributed by atoms with Crippen LogP contribution >= 0.6 is 0 Å². The van der Waals surface area contributed by atoms with Crippen molar-refractivity contribution in [1.82, 2.24) is 9.80 Å². The number of likely N-dealkylation sites (N-methyl/N-ethyl adjacent to an activating group) is 1. The summed E-state index contributed by atoms with van der Waals surface area (Å²) < 4.78 is 45.2. The molecule has 8 heteroatoms. The van der Waals surface area contributed by atoms with Gasteiger partial charge in [-0.3, -0.25) is 9.69 Å². The van der Waals surface area contributed by atoms with E-state index >= 15 is 0 Å². The molecule has 0 aromatic heterocycles.